The third kappa shape index (κ3) is 3.16. The SMILES string of the molecule is CCOC(=O)[C@H](C#N)Cc1ccc(-c2cccc3ccccc23)o1. The van der Waals surface area contributed by atoms with Crippen molar-refractivity contribution in [3.63, 3.8) is 0 Å². The Bertz CT molecular complexity index is 899. The van der Waals surface area contributed by atoms with Crippen LogP contribution in [0.3, 0.4) is 0 Å². The molecule has 0 saturated carbocycles. The molecule has 0 fully saturated rings. The van der Waals surface area contributed by atoms with Crippen LogP contribution in [-0.4, -0.2) is 12.6 Å². The largest absolute Gasteiger partial charge is 0.465 e. The molecule has 120 valence electrons. The summed E-state index contributed by atoms with van der Waals surface area (Å²) in [6.45, 7) is 1.98. The third-order valence-corrected chi connectivity index (χ3v) is 3.85. The molecule has 0 saturated heterocycles. The summed E-state index contributed by atoms with van der Waals surface area (Å²) in [6, 6.07) is 19.8. The van der Waals surface area contributed by atoms with E-state index in [-0.39, 0.29) is 13.0 Å². The molecule has 0 amide bonds. The van der Waals surface area contributed by atoms with Gasteiger partial charge in [0.2, 0.25) is 0 Å². The molecule has 0 aliphatic carbocycles. The highest BCUT2D eigenvalue weighted by Crippen LogP contribution is 2.30. The predicted molar refractivity (Wildman–Crippen MR) is 91.1 cm³/mol. The molecule has 3 aromatic rings. The van der Waals surface area contributed by atoms with E-state index >= 15 is 0 Å². The van der Waals surface area contributed by atoms with E-state index in [4.69, 9.17) is 14.4 Å². The number of hydrogen-bond acceptors (Lipinski definition) is 4. The molecule has 0 radical (unpaired) electrons. The van der Waals surface area contributed by atoms with Crippen molar-refractivity contribution >= 4 is 16.7 Å². The molecule has 3 rings (SSSR count). The van der Waals surface area contributed by atoms with Crippen LogP contribution in [0.1, 0.15) is 12.7 Å². The predicted octanol–water partition coefficient (Wildman–Crippen LogP) is 4.35. The number of fused-ring (bicyclic) bond motifs is 1. The molecule has 0 aliphatic heterocycles. The smallest absolute Gasteiger partial charge is 0.323 e. The highest BCUT2D eigenvalue weighted by molar-refractivity contribution is 5.95. The quantitative estimate of drug-likeness (QED) is 0.656. The van der Waals surface area contributed by atoms with Gasteiger partial charge in [-0.2, -0.15) is 5.26 Å². The maximum Gasteiger partial charge on any atom is 0.323 e. The van der Waals surface area contributed by atoms with Crippen LogP contribution < -0.4 is 0 Å². The van der Waals surface area contributed by atoms with Gasteiger partial charge in [0.15, 0.2) is 5.92 Å². The number of ether oxygens (including phenoxy) is 1. The fraction of sp³-hybridized carbons (Fsp3) is 0.200. The van der Waals surface area contributed by atoms with E-state index in [1.54, 1.807) is 13.0 Å². The van der Waals surface area contributed by atoms with Gasteiger partial charge in [-0.15, -0.1) is 0 Å². The van der Waals surface area contributed by atoms with E-state index in [0.29, 0.717) is 5.76 Å². The van der Waals surface area contributed by atoms with Crippen molar-refractivity contribution in [2.45, 2.75) is 13.3 Å². The molecule has 2 aromatic carbocycles. The Balaban J connectivity index is 1.88. The fourth-order valence-electron chi connectivity index (χ4n) is 2.70. The minimum Gasteiger partial charge on any atom is -0.465 e. The van der Waals surface area contributed by atoms with Crippen LogP contribution in [0.15, 0.2) is 59.0 Å². The average Bonchev–Trinajstić information content (AvgIpc) is 3.07. The van der Waals surface area contributed by atoms with Crippen LogP contribution >= 0.6 is 0 Å². The monoisotopic (exact) mass is 319 g/mol. The lowest BCUT2D eigenvalue weighted by Gasteiger charge is -2.06. The van der Waals surface area contributed by atoms with Crippen molar-refractivity contribution in [3.8, 4) is 17.4 Å². The molecule has 4 heteroatoms. The molecule has 0 N–H and O–H groups in total. The van der Waals surface area contributed by atoms with Crippen molar-refractivity contribution in [1.82, 2.24) is 0 Å². The number of furan rings is 1. The number of benzene rings is 2. The van der Waals surface area contributed by atoms with Crippen LogP contribution in [0.5, 0.6) is 0 Å². The van der Waals surface area contributed by atoms with E-state index < -0.39 is 11.9 Å². The third-order valence-electron chi connectivity index (χ3n) is 3.85. The van der Waals surface area contributed by atoms with Gasteiger partial charge in [0.25, 0.3) is 0 Å². The molecular formula is C20H17NO3. The van der Waals surface area contributed by atoms with Gasteiger partial charge in [0, 0.05) is 12.0 Å². The first-order valence-electron chi connectivity index (χ1n) is 7.86. The van der Waals surface area contributed by atoms with Crippen molar-refractivity contribution in [2.75, 3.05) is 6.61 Å². The maximum absolute atomic E-state index is 11.7. The Labute approximate surface area is 140 Å². The molecular weight excluding hydrogens is 302 g/mol. The number of rotatable bonds is 5. The van der Waals surface area contributed by atoms with Crippen LogP contribution in [0, 0.1) is 17.2 Å². The van der Waals surface area contributed by atoms with E-state index in [1.165, 1.54) is 0 Å². The summed E-state index contributed by atoms with van der Waals surface area (Å²) in [5, 5.41) is 11.4. The lowest BCUT2D eigenvalue weighted by atomic mass is 10.0. The zero-order valence-corrected chi connectivity index (χ0v) is 13.4. The lowest BCUT2D eigenvalue weighted by Crippen LogP contribution is -2.18. The molecule has 0 aliphatic rings. The van der Waals surface area contributed by atoms with E-state index in [2.05, 4.69) is 12.1 Å². The summed E-state index contributed by atoms with van der Waals surface area (Å²) in [6.07, 6.45) is 0.208. The van der Waals surface area contributed by atoms with E-state index in [1.807, 2.05) is 42.5 Å². The molecule has 0 unspecified atom stereocenters. The second kappa shape index (κ2) is 7.01. The highest BCUT2D eigenvalue weighted by atomic mass is 16.5. The van der Waals surface area contributed by atoms with Crippen molar-refractivity contribution < 1.29 is 13.9 Å². The molecule has 1 aromatic heterocycles. The highest BCUT2D eigenvalue weighted by Gasteiger charge is 2.21. The fourth-order valence-corrected chi connectivity index (χ4v) is 2.70. The zero-order valence-electron chi connectivity index (χ0n) is 13.4. The Morgan fingerprint density at radius 1 is 1.17 bits per heavy atom. The zero-order chi connectivity index (χ0) is 16.9. The van der Waals surface area contributed by atoms with Gasteiger partial charge in [-0.25, -0.2) is 0 Å². The Hall–Kier alpha value is -3.06. The summed E-state index contributed by atoms with van der Waals surface area (Å²) in [5.74, 6) is -0.0422. The number of hydrogen-bond donors (Lipinski definition) is 0. The first-order chi connectivity index (χ1) is 11.7. The normalized spacial score (nSPS) is 11.8. The average molecular weight is 319 g/mol. The van der Waals surface area contributed by atoms with Crippen molar-refractivity contribution in [2.24, 2.45) is 5.92 Å². The van der Waals surface area contributed by atoms with Gasteiger partial charge in [0.1, 0.15) is 11.5 Å². The summed E-state index contributed by atoms with van der Waals surface area (Å²) >= 11 is 0. The van der Waals surface area contributed by atoms with Crippen LogP contribution in [0.25, 0.3) is 22.1 Å². The van der Waals surface area contributed by atoms with Crippen LogP contribution in [0.4, 0.5) is 0 Å². The number of nitrogens with zero attached hydrogens (tertiary/aromatic N) is 1. The standard InChI is InChI=1S/C20H17NO3/c1-2-23-20(22)15(13-21)12-16-10-11-19(24-16)18-9-5-7-14-6-3-4-8-17(14)18/h3-11,15H,2,12H2,1H3/t15-/m0/s1. The molecule has 0 bridgehead atoms. The second-order valence-electron chi connectivity index (χ2n) is 5.43. The summed E-state index contributed by atoms with van der Waals surface area (Å²) in [7, 11) is 0. The van der Waals surface area contributed by atoms with Crippen molar-refractivity contribution in [3.05, 3.63) is 60.4 Å². The first kappa shape index (κ1) is 15.8. The van der Waals surface area contributed by atoms with Gasteiger partial charge in [-0.3, -0.25) is 4.79 Å². The lowest BCUT2D eigenvalue weighted by molar-refractivity contribution is -0.146. The molecule has 1 atom stereocenters. The van der Waals surface area contributed by atoms with E-state index in [0.717, 1.165) is 22.1 Å². The van der Waals surface area contributed by atoms with Gasteiger partial charge in [-0.05, 0) is 29.8 Å². The maximum atomic E-state index is 11.7. The van der Waals surface area contributed by atoms with Gasteiger partial charge in [-0.1, -0.05) is 42.5 Å². The van der Waals surface area contributed by atoms with Gasteiger partial charge in [0.05, 0.1) is 12.7 Å². The first-order valence-corrected chi connectivity index (χ1v) is 7.86. The number of carbonyl (C=O) groups excluding carboxylic acids is 1. The van der Waals surface area contributed by atoms with Crippen molar-refractivity contribution in [1.29, 1.82) is 5.26 Å². The summed E-state index contributed by atoms with van der Waals surface area (Å²) in [5.41, 5.74) is 0.990. The molecule has 24 heavy (non-hydrogen) atoms. The Morgan fingerprint density at radius 3 is 2.75 bits per heavy atom. The van der Waals surface area contributed by atoms with Gasteiger partial charge >= 0.3 is 5.97 Å². The molecule has 0 spiro atoms. The second-order valence-corrected chi connectivity index (χ2v) is 5.43. The molecule has 1 heterocycles. The number of nitriles is 1. The number of carbonyl (C=O) groups is 1. The van der Waals surface area contributed by atoms with Crippen LogP contribution in [-0.2, 0) is 16.0 Å². The minimum atomic E-state index is -0.850. The summed E-state index contributed by atoms with van der Waals surface area (Å²) < 4.78 is 10.8. The van der Waals surface area contributed by atoms with Crippen LogP contribution in [0.2, 0.25) is 0 Å². The summed E-state index contributed by atoms with van der Waals surface area (Å²) in [4.78, 5) is 11.7. The number of esters is 1. The topological polar surface area (TPSA) is 63.2 Å². The van der Waals surface area contributed by atoms with Gasteiger partial charge < -0.3 is 9.15 Å². The molecule has 4 nitrogen and oxygen atoms in total. The Morgan fingerprint density at radius 2 is 1.96 bits per heavy atom. The van der Waals surface area contributed by atoms with E-state index in [9.17, 15) is 4.79 Å². The minimum absolute atomic E-state index is 0.208. The Kier molecular flexibility index (Phi) is 4.62.